The van der Waals surface area contributed by atoms with E-state index >= 15 is 0 Å². The summed E-state index contributed by atoms with van der Waals surface area (Å²) in [6, 6.07) is 0. The SMILES string of the molecule is CC(C)C.CC(C)C.CC1(C)CCCC(C)(C)N1.[Zn+2]. The first-order valence-corrected chi connectivity index (χ1v) is 7.67. The van der Waals surface area contributed by atoms with Crippen LogP contribution in [-0.2, 0) is 19.5 Å². The molecule has 0 aromatic carbocycles. The molecule has 1 nitrogen and oxygen atoms in total. The Bertz CT molecular complexity index is 170. The average molecular weight is 323 g/mol. The van der Waals surface area contributed by atoms with Crippen molar-refractivity contribution in [3.8, 4) is 0 Å². The zero-order valence-electron chi connectivity index (χ0n) is 15.5. The van der Waals surface area contributed by atoms with E-state index in [9.17, 15) is 0 Å². The van der Waals surface area contributed by atoms with Gasteiger partial charge in [-0.15, -0.1) is 0 Å². The predicted octanol–water partition coefficient (Wildman–Crippen LogP) is 5.64. The Hall–Kier alpha value is 0.583. The van der Waals surface area contributed by atoms with Gasteiger partial charge < -0.3 is 5.32 Å². The summed E-state index contributed by atoms with van der Waals surface area (Å²) < 4.78 is 0. The van der Waals surface area contributed by atoms with E-state index in [1.54, 1.807) is 0 Å². The monoisotopic (exact) mass is 321 g/mol. The van der Waals surface area contributed by atoms with Crippen LogP contribution >= 0.6 is 0 Å². The maximum absolute atomic E-state index is 3.63. The molecule has 1 heterocycles. The molecular weight excluding hydrogens is 284 g/mol. The predicted molar refractivity (Wildman–Crippen MR) is 86.2 cm³/mol. The minimum Gasteiger partial charge on any atom is -0.307 e. The van der Waals surface area contributed by atoms with E-state index in [4.69, 9.17) is 0 Å². The van der Waals surface area contributed by atoms with E-state index in [-0.39, 0.29) is 19.5 Å². The molecule has 0 bridgehead atoms. The molecule has 1 aliphatic heterocycles. The van der Waals surface area contributed by atoms with Gasteiger partial charge in [0.25, 0.3) is 0 Å². The maximum atomic E-state index is 3.63. The van der Waals surface area contributed by atoms with Crippen molar-refractivity contribution in [1.82, 2.24) is 5.32 Å². The molecule has 112 valence electrons. The van der Waals surface area contributed by atoms with Gasteiger partial charge in [-0.1, -0.05) is 41.5 Å². The van der Waals surface area contributed by atoms with Gasteiger partial charge in [-0.2, -0.15) is 0 Å². The average Bonchev–Trinajstić information content (AvgIpc) is 1.95. The molecule has 1 saturated heterocycles. The molecule has 2 heteroatoms. The Morgan fingerprint density at radius 3 is 1.00 bits per heavy atom. The van der Waals surface area contributed by atoms with Crippen LogP contribution in [0.4, 0.5) is 0 Å². The topological polar surface area (TPSA) is 12.0 Å². The van der Waals surface area contributed by atoms with Crippen LogP contribution in [0.3, 0.4) is 0 Å². The fourth-order valence-corrected chi connectivity index (χ4v) is 2.01. The Morgan fingerprint density at radius 1 is 0.684 bits per heavy atom. The molecule has 0 saturated carbocycles. The summed E-state index contributed by atoms with van der Waals surface area (Å²) in [6.07, 6.45) is 4.00. The summed E-state index contributed by atoms with van der Waals surface area (Å²) in [5, 5.41) is 3.63. The molecule has 0 unspecified atom stereocenters. The van der Waals surface area contributed by atoms with Gasteiger partial charge >= 0.3 is 19.5 Å². The molecule has 0 spiro atoms. The zero-order valence-corrected chi connectivity index (χ0v) is 18.5. The van der Waals surface area contributed by atoms with Gasteiger partial charge in [0.1, 0.15) is 0 Å². The summed E-state index contributed by atoms with van der Waals surface area (Å²) in [4.78, 5) is 0. The van der Waals surface area contributed by atoms with Crippen LogP contribution in [0.25, 0.3) is 0 Å². The third-order valence-electron chi connectivity index (χ3n) is 2.28. The van der Waals surface area contributed by atoms with Crippen LogP contribution < -0.4 is 5.32 Å². The normalized spacial score (nSPS) is 19.6. The molecule has 0 aromatic rings. The largest absolute Gasteiger partial charge is 2.00 e. The van der Waals surface area contributed by atoms with Crippen LogP contribution in [-0.4, -0.2) is 11.1 Å². The molecule has 1 rings (SSSR count). The molecule has 0 radical (unpaired) electrons. The van der Waals surface area contributed by atoms with E-state index in [2.05, 4.69) is 74.6 Å². The number of hydrogen-bond acceptors (Lipinski definition) is 1. The molecule has 1 N–H and O–H groups in total. The van der Waals surface area contributed by atoms with Crippen LogP contribution in [0.2, 0.25) is 0 Å². The van der Waals surface area contributed by atoms with Crippen molar-refractivity contribution in [1.29, 1.82) is 0 Å². The number of rotatable bonds is 0. The van der Waals surface area contributed by atoms with Crippen molar-refractivity contribution in [2.45, 2.75) is 99.6 Å². The van der Waals surface area contributed by atoms with Gasteiger partial charge in [0.05, 0.1) is 0 Å². The van der Waals surface area contributed by atoms with Gasteiger partial charge in [-0.05, 0) is 58.8 Å². The van der Waals surface area contributed by atoms with Crippen molar-refractivity contribution in [3.05, 3.63) is 0 Å². The number of hydrogen-bond donors (Lipinski definition) is 1. The molecule has 0 amide bonds. The molecule has 19 heavy (non-hydrogen) atoms. The first-order valence-electron chi connectivity index (χ1n) is 7.67. The standard InChI is InChI=1S/C9H19N.2C4H10.Zn/c1-8(2)6-5-7-9(3,4)10-8;2*1-4(2)3;/h10H,5-7H2,1-4H3;2*4H,1-3H3;/q;;;+2. The maximum Gasteiger partial charge on any atom is 2.00 e. The number of nitrogens with one attached hydrogen (secondary N) is 1. The Kier molecular flexibility index (Phi) is 14.6. The van der Waals surface area contributed by atoms with Gasteiger partial charge in [0.15, 0.2) is 0 Å². The first kappa shape index (κ1) is 24.6. The van der Waals surface area contributed by atoms with Gasteiger partial charge in [0.2, 0.25) is 0 Å². The van der Waals surface area contributed by atoms with Crippen molar-refractivity contribution >= 4 is 0 Å². The summed E-state index contributed by atoms with van der Waals surface area (Å²) in [5.41, 5.74) is 0.726. The smallest absolute Gasteiger partial charge is 0.307 e. The van der Waals surface area contributed by atoms with Crippen molar-refractivity contribution in [3.63, 3.8) is 0 Å². The summed E-state index contributed by atoms with van der Waals surface area (Å²) >= 11 is 0. The number of piperidine rings is 1. The molecular formula is C17H39NZn+2. The second-order valence-electron chi connectivity index (χ2n) is 8.21. The van der Waals surface area contributed by atoms with Crippen LogP contribution in [0.5, 0.6) is 0 Å². The molecule has 0 aromatic heterocycles. The van der Waals surface area contributed by atoms with E-state index < -0.39 is 0 Å². The van der Waals surface area contributed by atoms with E-state index in [0.29, 0.717) is 11.1 Å². The third kappa shape index (κ3) is 24.0. The minimum absolute atomic E-state index is 0. The van der Waals surface area contributed by atoms with Crippen LogP contribution in [0.15, 0.2) is 0 Å². The van der Waals surface area contributed by atoms with Crippen molar-refractivity contribution in [2.75, 3.05) is 0 Å². The third-order valence-corrected chi connectivity index (χ3v) is 2.28. The van der Waals surface area contributed by atoms with E-state index in [0.717, 1.165) is 11.8 Å². The zero-order chi connectivity index (χ0) is 15.0. The quantitative estimate of drug-likeness (QED) is 0.569. The summed E-state index contributed by atoms with van der Waals surface area (Å²) in [7, 11) is 0. The molecule has 1 fully saturated rings. The van der Waals surface area contributed by atoms with Gasteiger partial charge in [0, 0.05) is 11.1 Å². The van der Waals surface area contributed by atoms with E-state index in [1.165, 1.54) is 19.3 Å². The Labute approximate surface area is 136 Å². The molecule has 0 atom stereocenters. The fourth-order valence-electron chi connectivity index (χ4n) is 2.01. The van der Waals surface area contributed by atoms with Gasteiger partial charge in [-0.25, -0.2) is 0 Å². The Morgan fingerprint density at radius 2 is 0.895 bits per heavy atom. The summed E-state index contributed by atoms with van der Waals surface area (Å²) in [5.74, 6) is 1.67. The van der Waals surface area contributed by atoms with E-state index in [1.807, 2.05) is 0 Å². The van der Waals surface area contributed by atoms with Crippen LogP contribution in [0.1, 0.15) is 88.5 Å². The minimum atomic E-state index is 0. The summed E-state index contributed by atoms with van der Waals surface area (Å²) in [6.45, 7) is 22.1. The molecule has 0 aliphatic carbocycles. The fraction of sp³-hybridized carbons (Fsp3) is 1.00. The molecule has 1 aliphatic rings. The van der Waals surface area contributed by atoms with Crippen molar-refractivity contribution < 1.29 is 19.5 Å². The van der Waals surface area contributed by atoms with Crippen molar-refractivity contribution in [2.24, 2.45) is 11.8 Å². The van der Waals surface area contributed by atoms with Crippen LogP contribution in [0, 0.1) is 11.8 Å². The second kappa shape index (κ2) is 11.3. The van der Waals surface area contributed by atoms with Gasteiger partial charge in [-0.3, -0.25) is 0 Å². The second-order valence-corrected chi connectivity index (χ2v) is 8.21. The Balaban J connectivity index is -0.000000242. The first-order chi connectivity index (χ1) is 7.88.